The molecule has 29 heavy (non-hydrogen) atoms. The van der Waals surface area contributed by atoms with Crippen molar-refractivity contribution < 1.29 is 14.3 Å². The first-order valence-corrected chi connectivity index (χ1v) is 10.4. The Hall–Kier alpha value is -2.77. The number of nitrogens with zero attached hydrogens (tertiary/aromatic N) is 2. The molecule has 0 aliphatic carbocycles. The quantitative estimate of drug-likeness (QED) is 0.669. The standard InChI is InChI=1S/C21H18ClN3O3S/c1-13-10-19(23-17-5-3-2-4-16(13)17)28-11-18(26)24-25-20(27)12-29-21(25)14-6-8-15(22)9-7-14/h2-10,21H,11-12H2,1H3,(H,24,26). The average molecular weight is 428 g/mol. The van der Waals surface area contributed by atoms with E-state index in [9.17, 15) is 9.59 Å². The van der Waals surface area contributed by atoms with Crippen LogP contribution in [-0.4, -0.2) is 34.2 Å². The second-order valence-corrected chi connectivity index (χ2v) is 8.10. The summed E-state index contributed by atoms with van der Waals surface area (Å²) in [4.78, 5) is 29.1. The molecule has 1 saturated heterocycles. The fourth-order valence-electron chi connectivity index (χ4n) is 3.12. The molecule has 2 heterocycles. The lowest BCUT2D eigenvalue weighted by Gasteiger charge is -2.24. The second kappa shape index (κ2) is 8.31. The number of fused-ring (bicyclic) bond motifs is 1. The van der Waals surface area contributed by atoms with Gasteiger partial charge in [-0.1, -0.05) is 41.9 Å². The molecule has 3 aromatic rings. The molecule has 2 amide bonds. The summed E-state index contributed by atoms with van der Waals surface area (Å²) >= 11 is 7.38. The van der Waals surface area contributed by atoms with Crippen LogP contribution in [0.25, 0.3) is 10.9 Å². The molecule has 8 heteroatoms. The highest BCUT2D eigenvalue weighted by Crippen LogP contribution is 2.37. The highest BCUT2D eigenvalue weighted by atomic mass is 35.5. The Labute approximate surface area is 177 Å². The molecule has 0 radical (unpaired) electrons. The molecule has 0 spiro atoms. The number of aryl methyl sites for hydroxylation is 1. The van der Waals surface area contributed by atoms with Crippen LogP contribution in [-0.2, 0) is 9.59 Å². The number of halogens is 1. The Balaban J connectivity index is 1.42. The Kier molecular flexibility index (Phi) is 5.60. The number of hydrogen-bond acceptors (Lipinski definition) is 5. The van der Waals surface area contributed by atoms with E-state index in [1.165, 1.54) is 16.8 Å². The van der Waals surface area contributed by atoms with Crippen LogP contribution < -0.4 is 10.2 Å². The van der Waals surface area contributed by atoms with Crippen molar-refractivity contribution in [2.45, 2.75) is 12.3 Å². The number of ether oxygens (including phenoxy) is 1. The number of aromatic nitrogens is 1. The number of benzene rings is 2. The van der Waals surface area contributed by atoms with Gasteiger partial charge in [0.2, 0.25) is 5.88 Å². The van der Waals surface area contributed by atoms with Gasteiger partial charge in [0.25, 0.3) is 11.8 Å². The Bertz CT molecular complexity index is 1070. The van der Waals surface area contributed by atoms with E-state index in [1.54, 1.807) is 18.2 Å². The van der Waals surface area contributed by atoms with Gasteiger partial charge in [-0.2, -0.15) is 0 Å². The number of carbonyl (C=O) groups is 2. The van der Waals surface area contributed by atoms with Crippen molar-refractivity contribution in [2.24, 2.45) is 0 Å². The van der Waals surface area contributed by atoms with Crippen molar-refractivity contribution in [1.82, 2.24) is 15.4 Å². The zero-order valence-corrected chi connectivity index (χ0v) is 17.2. The maximum Gasteiger partial charge on any atom is 0.276 e. The maximum absolute atomic E-state index is 12.4. The summed E-state index contributed by atoms with van der Waals surface area (Å²) in [6, 6.07) is 16.7. The fourth-order valence-corrected chi connectivity index (χ4v) is 4.35. The van der Waals surface area contributed by atoms with Crippen molar-refractivity contribution in [2.75, 3.05) is 12.4 Å². The molecule has 1 aromatic heterocycles. The zero-order valence-electron chi connectivity index (χ0n) is 15.6. The van der Waals surface area contributed by atoms with Crippen molar-refractivity contribution in [3.8, 4) is 5.88 Å². The molecule has 1 aliphatic heterocycles. The van der Waals surface area contributed by atoms with Gasteiger partial charge in [-0.25, -0.2) is 9.99 Å². The number of nitrogens with one attached hydrogen (secondary N) is 1. The third-order valence-electron chi connectivity index (χ3n) is 4.52. The third kappa shape index (κ3) is 4.31. The summed E-state index contributed by atoms with van der Waals surface area (Å²) in [5.41, 5.74) is 5.36. The number of amides is 2. The smallest absolute Gasteiger partial charge is 0.276 e. The minimum absolute atomic E-state index is 0.164. The molecule has 148 valence electrons. The predicted molar refractivity (Wildman–Crippen MR) is 114 cm³/mol. The minimum atomic E-state index is -0.424. The minimum Gasteiger partial charge on any atom is -0.467 e. The van der Waals surface area contributed by atoms with Crippen molar-refractivity contribution in [1.29, 1.82) is 0 Å². The van der Waals surface area contributed by atoms with Gasteiger partial charge in [-0.15, -0.1) is 11.8 Å². The number of pyridine rings is 1. The van der Waals surface area contributed by atoms with E-state index < -0.39 is 5.91 Å². The number of rotatable bonds is 5. The number of carbonyl (C=O) groups excluding carboxylic acids is 2. The first-order chi connectivity index (χ1) is 14.0. The number of hydrazine groups is 1. The second-order valence-electron chi connectivity index (χ2n) is 6.60. The SMILES string of the molecule is Cc1cc(OCC(=O)NN2C(=O)CSC2c2ccc(Cl)cc2)nc2ccccc12. The van der Waals surface area contributed by atoms with Gasteiger partial charge in [0.05, 0.1) is 11.3 Å². The van der Waals surface area contributed by atoms with Crippen LogP contribution in [0.4, 0.5) is 0 Å². The fraction of sp³-hybridized carbons (Fsp3) is 0.190. The average Bonchev–Trinajstić information content (AvgIpc) is 3.07. The van der Waals surface area contributed by atoms with Gasteiger partial charge < -0.3 is 4.74 Å². The Morgan fingerprint density at radius 1 is 1.28 bits per heavy atom. The molecular weight excluding hydrogens is 410 g/mol. The molecule has 0 saturated carbocycles. The van der Waals surface area contributed by atoms with Crippen LogP contribution in [0, 0.1) is 6.92 Å². The lowest BCUT2D eigenvalue weighted by molar-refractivity contribution is -0.140. The molecule has 1 unspecified atom stereocenters. The van der Waals surface area contributed by atoms with Crippen LogP contribution in [0.2, 0.25) is 5.02 Å². The summed E-state index contributed by atoms with van der Waals surface area (Å²) in [5, 5.41) is 2.70. The Morgan fingerprint density at radius 3 is 2.83 bits per heavy atom. The molecule has 4 rings (SSSR count). The lowest BCUT2D eigenvalue weighted by Crippen LogP contribution is -2.46. The summed E-state index contributed by atoms with van der Waals surface area (Å²) < 4.78 is 5.57. The number of hydrogen-bond donors (Lipinski definition) is 1. The van der Waals surface area contributed by atoms with Crippen molar-refractivity contribution >= 4 is 46.1 Å². The van der Waals surface area contributed by atoms with E-state index >= 15 is 0 Å². The van der Waals surface area contributed by atoms with Gasteiger partial charge >= 0.3 is 0 Å². The highest BCUT2D eigenvalue weighted by molar-refractivity contribution is 8.00. The van der Waals surface area contributed by atoms with Crippen LogP contribution in [0.5, 0.6) is 5.88 Å². The topological polar surface area (TPSA) is 71.5 Å². The van der Waals surface area contributed by atoms with E-state index in [4.69, 9.17) is 16.3 Å². The summed E-state index contributed by atoms with van der Waals surface area (Å²) in [6.45, 7) is 1.72. The van der Waals surface area contributed by atoms with Crippen LogP contribution in [0.1, 0.15) is 16.5 Å². The van der Waals surface area contributed by atoms with Crippen molar-refractivity contribution in [3.63, 3.8) is 0 Å². The van der Waals surface area contributed by atoms with Gasteiger partial charge in [-0.3, -0.25) is 15.0 Å². The summed E-state index contributed by atoms with van der Waals surface area (Å²) in [6.07, 6.45) is 0. The normalized spacial score (nSPS) is 16.3. The van der Waals surface area contributed by atoms with Gasteiger partial charge in [0.1, 0.15) is 5.37 Å². The number of para-hydroxylation sites is 1. The zero-order chi connectivity index (χ0) is 20.4. The molecular formula is C21H18ClN3O3S. The van der Waals surface area contributed by atoms with Gasteiger partial charge in [-0.05, 0) is 36.2 Å². The van der Waals surface area contributed by atoms with E-state index in [0.717, 1.165) is 22.0 Å². The first-order valence-electron chi connectivity index (χ1n) is 8.99. The molecule has 1 aliphatic rings. The van der Waals surface area contributed by atoms with Crippen LogP contribution in [0.3, 0.4) is 0 Å². The van der Waals surface area contributed by atoms with E-state index in [2.05, 4.69) is 10.4 Å². The monoisotopic (exact) mass is 427 g/mol. The van der Waals surface area contributed by atoms with Gasteiger partial charge in [0.15, 0.2) is 6.61 Å². The molecule has 1 fully saturated rings. The van der Waals surface area contributed by atoms with E-state index in [1.807, 2.05) is 43.3 Å². The Morgan fingerprint density at radius 2 is 2.03 bits per heavy atom. The van der Waals surface area contributed by atoms with Gasteiger partial charge in [0, 0.05) is 16.5 Å². The summed E-state index contributed by atoms with van der Waals surface area (Å²) in [5.74, 6) is 0.0722. The predicted octanol–water partition coefficient (Wildman–Crippen LogP) is 3.88. The maximum atomic E-state index is 12.4. The first kappa shape index (κ1) is 19.5. The van der Waals surface area contributed by atoms with E-state index in [0.29, 0.717) is 16.7 Å². The van der Waals surface area contributed by atoms with Crippen LogP contribution in [0.15, 0.2) is 54.6 Å². The third-order valence-corrected chi connectivity index (χ3v) is 5.98. The molecule has 0 bridgehead atoms. The summed E-state index contributed by atoms with van der Waals surface area (Å²) in [7, 11) is 0. The van der Waals surface area contributed by atoms with Crippen molar-refractivity contribution in [3.05, 3.63) is 70.7 Å². The van der Waals surface area contributed by atoms with E-state index in [-0.39, 0.29) is 17.9 Å². The largest absolute Gasteiger partial charge is 0.467 e. The molecule has 6 nitrogen and oxygen atoms in total. The van der Waals surface area contributed by atoms with Crippen LogP contribution >= 0.6 is 23.4 Å². The molecule has 1 atom stereocenters. The highest BCUT2D eigenvalue weighted by Gasteiger charge is 2.34. The molecule has 1 N–H and O–H groups in total. The lowest BCUT2D eigenvalue weighted by atomic mass is 10.1. The molecule has 2 aromatic carbocycles. The number of thioether (sulfide) groups is 1.